The number of nitrogens with one attached hydrogen (secondary N) is 2. The van der Waals surface area contributed by atoms with E-state index in [1.165, 1.54) is 18.2 Å². The first-order valence-electron chi connectivity index (χ1n) is 6.95. The maximum absolute atomic E-state index is 11.7. The second-order valence-electron chi connectivity index (χ2n) is 5.25. The third-order valence-corrected chi connectivity index (χ3v) is 5.29. The van der Waals surface area contributed by atoms with Crippen LogP contribution in [0.5, 0.6) is 0 Å². The highest BCUT2D eigenvalue weighted by Gasteiger charge is 2.20. The van der Waals surface area contributed by atoms with Crippen molar-refractivity contribution in [2.24, 2.45) is 0 Å². The predicted molar refractivity (Wildman–Crippen MR) is 83.9 cm³/mol. The molecule has 0 aliphatic heterocycles. The van der Waals surface area contributed by atoms with Gasteiger partial charge in [-0.3, -0.25) is 0 Å². The zero-order valence-corrected chi connectivity index (χ0v) is 12.7. The maximum atomic E-state index is 11.7. The Labute approximate surface area is 125 Å². The van der Waals surface area contributed by atoms with E-state index in [4.69, 9.17) is 0 Å². The highest BCUT2D eigenvalue weighted by Crippen LogP contribution is 2.24. The molecule has 2 aromatic rings. The molecule has 2 aromatic carbocycles. The zero-order valence-electron chi connectivity index (χ0n) is 11.8. The molecule has 0 amide bonds. The Kier molecular flexibility index (Phi) is 3.69. The van der Waals surface area contributed by atoms with E-state index in [0.29, 0.717) is 6.04 Å². The molecule has 0 radical (unpaired) electrons. The van der Waals surface area contributed by atoms with Crippen LogP contribution in [-0.4, -0.2) is 21.5 Å². The highest BCUT2D eigenvalue weighted by molar-refractivity contribution is 7.89. The van der Waals surface area contributed by atoms with Gasteiger partial charge >= 0.3 is 0 Å². The molecular formula is C16H18N2O2S. The summed E-state index contributed by atoms with van der Waals surface area (Å²) in [7, 11) is -1.95. The second kappa shape index (κ2) is 5.50. The molecule has 4 nitrogen and oxygen atoms in total. The van der Waals surface area contributed by atoms with Crippen LogP contribution in [0.4, 0.5) is 5.69 Å². The molecule has 1 aliphatic carbocycles. The lowest BCUT2D eigenvalue weighted by molar-refractivity contribution is 0.588. The Morgan fingerprint density at radius 3 is 2.05 bits per heavy atom. The first kappa shape index (κ1) is 14.1. The Hall–Kier alpha value is -1.85. The summed E-state index contributed by atoms with van der Waals surface area (Å²) in [5.41, 5.74) is 3.73. The van der Waals surface area contributed by atoms with Gasteiger partial charge in [0.25, 0.3) is 0 Å². The van der Waals surface area contributed by atoms with Gasteiger partial charge in [-0.1, -0.05) is 24.3 Å². The van der Waals surface area contributed by atoms with Gasteiger partial charge in [-0.15, -0.1) is 0 Å². The van der Waals surface area contributed by atoms with Crippen molar-refractivity contribution in [1.29, 1.82) is 0 Å². The van der Waals surface area contributed by atoms with E-state index in [0.717, 1.165) is 18.5 Å². The summed E-state index contributed by atoms with van der Waals surface area (Å²) in [6, 6.07) is 15.7. The largest absolute Gasteiger partial charge is 0.382 e. The summed E-state index contributed by atoms with van der Waals surface area (Å²) in [6.45, 7) is 0. The standard InChI is InChI=1S/C16H18N2O2S/c1-17-21(19,20)16-8-6-14(7-9-16)18-15-10-12-4-2-3-5-13(12)11-15/h2-9,15,17-18H,10-11H2,1H3. The van der Waals surface area contributed by atoms with Gasteiger partial charge in [0.05, 0.1) is 4.90 Å². The fourth-order valence-corrected chi connectivity index (χ4v) is 3.47. The van der Waals surface area contributed by atoms with Gasteiger partial charge in [0, 0.05) is 11.7 Å². The van der Waals surface area contributed by atoms with Gasteiger partial charge in [-0.2, -0.15) is 0 Å². The molecule has 0 saturated heterocycles. The van der Waals surface area contributed by atoms with E-state index in [9.17, 15) is 8.42 Å². The Bertz CT molecular complexity index is 714. The lowest BCUT2D eigenvalue weighted by Crippen LogP contribution is -2.20. The number of hydrogen-bond acceptors (Lipinski definition) is 3. The predicted octanol–water partition coefficient (Wildman–Crippen LogP) is 2.17. The number of sulfonamides is 1. The molecule has 0 fully saturated rings. The molecule has 1 aliphatic rings. The summed E-state index contributed by atoms with van der Waals surface area (Å²) in [5, 5.41) is 3.47. The van der Waals surface area contributed by atoms with Gasteiger partial charge in [-0.25, -0.2) is 13.1 Å². The molecule has 21 heavy (non-hydrogen) atoms. The monoisotopic (exact) mass is 302 g/mol. The van der Waals surface area contributed by atoms with Crippen molar-refractivity contribution in [3.8, 4) is 0 Å². The molecule has 0 aromatic heterocycles. The van der Waals surface area contributed by atoms with Crippen molar-refractivity contribution in [3.05, 3.63) is 59.7 Å². The van der Waals surface area contributed by atoms with Gasteiger partial charge in [0.15, 0.2) is 0 Å². The minimum absolute atomic E-state index is 0.283. The molecule has 0 bridgehead atoms. The lowest BCUT2D eigenvalue weighted by Gasteiger charge is -2.14. The van der Waals surface area contributed by atoms with E-state index in [-0.39, 0.29) is 4.90 Å². The molecule has 3 rings (SSSR count). The van der Waals surface area contributed by atoms with Crippen molar-refractivity contribution in [1.82, 2.24) is 4.72 Å². The SMILES string of the molecule is CNS(=O)(=O)c1ccc(NC2Cc3ccccc3C2)cc1. The first-order chi connectivity index (χ1) is 10.1. The first-order valence-corrected chi connectivity index (χ1v) is 8.44. The van der Waals surface area contributed by atoms with E-state index < -0.39 is 10.0 Å². The van der Waals surface area contributed by atoms with E-state index in [2.05, 4.69) is 34.3 Å². The lowest BCUT2D eigenvalue weighted by atomic mass is 10.1. The van der Waals surface area contributed by atoms with E-state index in [1.807, 2.05) is 12.1 Å². The third kappa shape index (κ3) is 2.94. The molecule has 0 unspecified atom stereocenters. The minimum atomic E-state index is -3.36. The van der Waals surface area contributed by atoms with Crippen LogP contribution in [0.1, 0.15) is 11.1 Å². The molecule has 0 atom stereocenters. The molecular weight excluding hydrogens is 284 g/mol. The molecule has 5 heteroatoms. The summed E-state index contributed by atoms with van der Waals surface area (Å²) >= 11 is 0. The van der Waals surface area contributed by atoms with Crippen LogP contribution in [-0.2, 0) is 22.9 Å². The fourth-order valence-electron chi connectivity index (χ4n) is 2.74. The molecule has 110 valence electrons. The van der Waals surface area contributed by atoms with Crippen molar-refractivity contribution in [3.63, 3.8) is 0 Å². The molecule has 2 N–H and O–H groups in total. The Morgan fingerprint density at radius 1 is 0.952 bits per heavy atom. The average molecular weight is 302 g/mol. The van der Waals surface area contributed by atoms with Crippen molar-refractivity contribution < 1.29 is 8.42 Å². The van der Waals surface area contributed by atoms with Crippen LogP contribution in [0.25, 0.3) is 0 Å². The van der Waals surface area contributed by atoms with Gasteiger partial charge in [0.1, 0.15) is 0 Å². The van der Waals surface area contributed by atoms with Crippen LogP contribution in [0.15, 0.2) is 53.4 Å². The van der Waals surface area contributed by atoms with Crippen LogP contribution < -0.4 is 10.0 Å². The number of hydrogen-bond donors (Lipinski definition) is 2. The summed E-state index contributed by atoms with van der Waals surface area (Å²) in [5.74, 6) is 0. The smallest absolute Gasteiger partial charge is 0.240 e. The quantitative estimate of drug-likeness (QED) is 0.910. The normalized spacial score (nSPS) is 14.9. The van der Waals surface area contributed by atoms with Gasteiger partial charge in [-0.05, 0) is 55.3 Å². The highest BCUT2D eigenvalue weighted by atomic mass is 32.2. The molecule has 0 saturated carbocycles. The van der Waals surface area contributed by atoms with Crippen LogP contribution in [0, 0.1) is 0 Å². The molecule has 0 spiro atoms. The average Bonchev–Trinajstić information content (AvgIpc) is 2.90. The molecule has 0 heterocycles. The Balaban J connectivity index is 1.70. The van der Waals surface area contributed by atoms with Crippen LogP contribution >= 0.6 is 0 Å². The second-order valence-corrected chi connectivity index (χ2v) is 7.14. The van der Waals surface area contributed by atoms with Crippen LogP contribution in [0.3, 0.4) is 0 Å². The number of anilines is 1. The van der Waals surface area contributed by atoms with Crippen LogP contribution in [0.2, 0.25) is 0 Å². The van der Waals surface area contributed by atoms with Crippen molar-refractivity contribution >= 4 is 15.7 Å². The van der Waals surface area contributed by atoms with E-state index in [1.54, 1.807) is 12.1 Å². The van der Waals surface area contributed by atoms with E-state index >= 15 is 0 Å². The third-order valence-electron chi connectivity index (χ3n) is 3.86. The number of benzene rings is 2. The zero-order chi connectivity index (χ0) is 14.9. The van der Waals surface area contributed by atoms with Crippen molar-refractivity contribution in [2.45, 2.75) is 23.8 Å². The summed E-state index contributed by atoms with van der Waals surface area (Å²) < 4.78 is 25.7. The minimum Gasteiger partial charge on any atom is -0.382 e. The number of fused-ring (bicyclic) bond motifs is 1. The topological polar surface area (TPSA) is 58.2 Å². The summed E-state index contributed by atoms with van der Waals surface area (Å²) in [4.78, 5) is 0.283. The fraction of sp³-hybridized carbons (Fsp3) is 0.250. The van der Waals surface area contributed by atoms with Gasteiger partial charge < -0.3 is 5.32 Å². The maximum Gasteiger partial charge on any atom is 0.240 e. The number of rotatable bonds is 4. The Morgan fingerprint density at radius 2 is 1.52 bits per heavy atom. The van der Waals surface area contributed by atoms with Crippen molar-refractivity contribution in [2.75, 3.05) is 12.4 Å². The van der Waals surface area contributed by atoms with Gasteiger partial charge in [0.2, 0.25) is 10.0 Å². The summed E-state index contributed by atoms with van der Waals surface area (Å²) in [6.07, 6.45) is 2.01.